The summed E-state index contributed by atoms with van der Waals surface area (Å²) in [7, 11) is 0. The predicted molar refractivity (Wildman–Crippen MR) is 170 cm³/mol. The first kappa shape index (κ1) is 36.9. The number of hydrogen-bond acceptors (Lipinski definition) is 10. The molecule has 0 atom stereocenters. The molecule has 2 aliphatic rings. The van der Waals surface area contributed by atoms with E-state index in [0.717, 1.165) is 80.3 Å². The fourth-order valence-electron chi connectivity index (χ4n) is 4.90. The first-order chi connectivity index (χ1) is 22.3. The van der Waals surface area contributed by atoms with Gasteiger partial charge in [-0.15, -0.1) is 0 Å². The molecule has 2 N–H and O–H groups in total. The largest absolute Gasteiger partial charge is 0.447 e. The van der Waals surface area contributed by atoms with Gasteiger partial charge in [0.25, 0.3) is 0 Å². The van der Waals surface area contributed by atoms with Crippen molar-refractivity contribution in [3.8, 4) is 11.5 Å². The van der Waals surface area contributed by atoms with E-state index in [1.54, 1.807) is 0 Å². The zero-order valence-corrected chi connectivity index (χ0v) is 26.6. The molecule has 1 aromatic rings. The van der Waals surface area contributed by atoms with Gasteiger partial charge in [0.15, 0.2) is 22.8 Å². The van der Waals surface area contributed by atoms with Crippen LogP contribution in [0.2, 0.25) is 0 Å². The van der Waals surface area contributed by atoms with E-state index in [4.69, 9.17) is 18.9 Å². The minimum atomic E-state index is -2.29. The van der Waals surface area contributed by atoms with Gasteiger partial charge in [-0.25, -0.2) is 23.6 Å². The average Bonchev–Trinajstić information content (AvgIpc) is 3.05. The second-order valence-electron chi connectivity index (χ2n) is 11.4. The first-order valence-electron chi connectivity index (χ1n) is 15.5. The molecule has 0 spiro atoms. The van der Waals surface area contributed by atoms with Gasteiger partial charge in [-0.3, -0.25) is 0 Å². The molecule has 0 aliphatic heterocycles. The third-order valence-corrected chi connectivity index (χ3v) is 7.71. The number of benzene rings is 1. The van der Waals surface area contributed by atoms with Crippen LogP contribution in [0.25, 0.3) is 0 Å². The molecule has 3 rings (SSSR count). The molecule has 0 saturated heterocycles. The van der Waals surface area contributed by atoms with Crippen LogP contribution < -0.4 is 9.47 Å². The molecule has 0 saturated carbocycles. The van der Waals surface area contributed by atoms with Crippen molar-refractivity contribution in [1.82, 2.24) is 0 Å². The molecule has 2 aliphatic carbocycles. The number of carbonyl (C=O) groups excluding carboxylic acids is 4. The van der Waals surface area contributed by atoms with E-state index in [0.29, 0.717) is 25.7 Å². The summed E-state index contributed by atoms with van der Waals surface area (Å²) in [5.74, 6) is -5.74. The van der Waals surface area contributed by atoms with Crippen molar-refractivity contribution in [3.05, 3.63) is 97.9 Å². The molecule has 0 amide bonds. The van der Waals surface area contributed by atoms with Gasteiger partial charge in [0, 0.05) is 18.2 Å². The zero-order chi connectivity index (χ0) is 34.7. The fraction of sp³-hybridized carbons (Fsp3) is 0.389. The third kappa shape index (κ3) is 9.46. The SMILES string of the molecule is C=CC(=O)OC1(CCCCC)C=CC(O)(C(=O)Oc2ccc(OC(=O)C3(O)C=CC(CCCCC)(OC(=O)C=C)C=C3)c(F)c2)C=C1. The molecule has 0 unspecified atom stereocenters. The Kier molecular flexibility index (Phi) is 12.4. The van der Waals surface area contributed by atoms with Gasteiger partial charge < -0.3 is 29.2 Å². The van der Waals surface area contributed by atoms with Crippen LogP contribution in [0.15, 0.2) is 92.1 Å². The lowest BCUT2D eigenvalue weighted by Crippen LogP contribution is -2.43. The van der Waals surface area contributed by atoms with Crippen molar-refractivity contribution < 1.29 is 52.7 Å². The summed E-state index contributed by atoms with van der Waals surface area (Å²) in [6.07, 6.45) is 17.8. The van der Waals surface area contributed by atoms with Crippen LogP contribution >= 0.6 is 0 Å². The highest BCUT2D eigenvalue weighted by Gasteiger charge is 2.42. The molecule has 0 heterocycles. The lowest BCUT2D eigenvalue weighted by molar-refractivity contribution is -0.149. The summed E-state index contributed by atoms with van der Waals surface area (Å²) in [6, 6.07) is 2.92. The Balaban J connectivity index is 1.69. The van der Waals surface area contributed by atoms with Crippen LogP contribution in [-0.4, -0.2) is 56.5 Å². The number of aliphatic hydroxyl groups is 2. The average molecular weight is 653 g/mol. The number of unbranched alkanes of at least 4 members (excludes halogenated alkanes) is 4. The number of halogens is 1. The summed E-state index contributed by atoms with van der Waals surface area (Å²) >= 11 is 0. The Morgan fingerprint density at radius 3 is 1.51 bits per heavy atom. The van der Waals surface area contributed by atoms with E-state index in [2.05, 4.69) is 13.2 Å². The molecule has 0 bridgehead atoms. The quantitative estimate of drug-likeness (QED) is 0.0778. The zero-order valence-electron chi connectivity index (χ0n) is 26.6. The predicted octanol–water partition coefficient (Wildman–Crippen LogP) is 5.45. The molecule has 0 fully saturated rings. The van der Waals surface area contributed by atoms with Crippen LogP contribution in [0, 0.1) is 5.82 Å². The Bertz CT molecular complexity index is 1460. The van der Waals surface area contributed by atoms with E-state index < -0.39 is 57.8 Å². The topological polar surface area (TPSA) is 146 Å². The van der Waals surface area contributed by atoms with Crippen LogP contribution in [-0.2, 0) is 28.7 Å². The Hall–Kier alpha value is -4.61. The second kappa shape index (κ2) is 15.8. The molecule has 1 aromatic carbocycles. The van der Waals surface area contributed by atoms with E-state index >= 15 is 0 Å². The van der Waals surface area contributed by atoms with Gasteiger partial charge in [0.2, 0.25) is 0 Å². The fourth-order valence-corrected chi connectivity index (χ4v) is 4.90. The van der Waals surface area contributed by atoms with Crippen LogP contribution in [0.1, 0.15) is 65.2 Å². The van der Waals surface area contributed by atoms with Gasteiger partial charge in [-0.2, -0.15) is 0 Å². The van der Waals surface area contributed by atoms with Crippen molar-refractivity contribution in [3.63, 3.8) is 0 Å². The molecule has 47 heavy (non-hydrogen) atoms. The second-order valence-corrected chi connectivity index (χ2v) is 11.4. The molecule has 0 radical (unpaired) electrons. The van der Waals surface area contributed by atoms with Crippen LogP contribution in [0.4, 0.5) is 4.39 Å². The van der Waals surface area contributed by atoms with Gasteiger partial charge in [0.05, 0.1) is 0 Å². The molecule has 252 valence electrons. The highest BCUT2D eigenvalue weighted by Crippen LogP contribution is 2.34. The summed E-state index contributed by atoms with van der Waals surface area (Å²) in [5, 5.41) is 21.8. The summed E-state index contributed by atoms with van der Waals surface area (Å²) < 4.78 is 36.2. The van der Waals surface area contributed by atoms with Gasteiger partial charge in [-0.1, -0.05) is 52.7 Å². The Morgan fingerprint density at radius 1 is 0.702 bits per heavy atom. The van der Waals surface area contributed by atoms with Crippen molar-refractivity contribution in [2.45, 2.75) is 87.6 Å². The van der Waals surface area contributed by atoms with Gasteiger partial charge >= 0.3 is 23.9 Å². The maximum atomic E-state index is 15.0. The van der Waals surface area contributed by atoms with Crippen LogP contribution in [0.5, 0.6) is 11.5 Å². The lowest BCUT2D eigenvalue weighted by Gasteiger charge is -2.33. The van der Waals surface area contributed by atoms with Gasteiger partial charge in [0.1, 0.15) is 17.0 Å². The number of rotatable bonds is 16. The first-order valence-corrected chi connectivity index (χ1v) is 15.5. The van der Waals surface area contributed by atoms with Crippen molar-refractivity contribution >= 4 is 23.9 Å². The third-order valence-electron chi connectivity index (χ3n) is 7.71. The van der Waals surface area contributed by atoms with E-state index in [1.165, 1.54) is 24.3 Å². The van der Waals surface area contributed by atoms with Crippen molar-refractivity contribution in [2.75, 3.05) is 0 Å². The molecular weight excluding hydrogens is 611 g/mol. The van der Waals surface area contributed by atoms with Crippen LogP contribution in [0.3, 0.4) is 0 Å². The number of ether oxygens (including phenoxy) is 4. The Labute approximate surface area is 273 Å². The maximum Gasteiger partial charge on any atom is 0.351 e. The number of carbonyl (C=O) groups is 4. The van der Waals surface area contributed by atoms with Crippen molar-refractivity contribution in [1.29, 1.82) is 0 Å². The molecule has 0 aromatic heterocycles. The summed E-state index contributed by atoms with van der Waals surface area (Å²) in [6.45, 7) is 10.8. The summed E-state index contributed by atoms with van der Waals surface area (Å²) in [4.78, 5) is 49.6. The molecule has 10 nitrogen and oxygen atoms in total. The number of hydrogen-bond donors (Lipinski definition) is 2. The highest BCUT2D eigenvalue weighted by molar-refractivity contribution is 5.88. The maximum absolute atomic E-state index is 15.0. The van der Waals surface area contributed by atoms with E-state index in [-0.39, 0.29) is 5.75 Å². The standard InChI is InChI=1S/C36H41FO10/c1-5-9-11-15-33(46-29(38)7-3)17-21-35(42,22-18-33)31(40)44-26-13-14-28(27(37)25-26)45-32(41)36(43)23-19-34(20-24-36,16-12-10-6-2)47-30(39)8-4/h7-8,13-14,17-25,42-43H,3-6,9-12,15-16H2,1-2H3. The minimum absolute atomic E-state index is 0.308. The van der Waals surface area contributed by atoms with Crippen molar-refractivity contribution in [2.24, 2.45) is 0 Å². The lowest BCUT2D eigenvalue weighted by atomic mass is 9.85. The van der Waals surface area contributed by atoms with Gasteiger partial charge in [-0.05, 0) is 86.4 Å². The summed E-state index contributed by atoms with van der Waals surface area (Å²) in [5.41, 5.74) is -6.93. The highest BCUT2D eigenvalue weighted by atomic mass is 19.1. The Morgan fingerprint density at radius 2 is 1.13 bits per heavy atom. The smallest absolute Gasteiger partial charge is 0.351 e. The number of esters is 4. The monoisotopic (exact) mass is 652 g/mol. The van der Waals surface area contributed by atoms with E-state index in [1.807, 2.05) is 13.8 Å². The van der Waals surface area contributed by atoms with E-state index in [9.17, 15) is 33.8 Å². The normalized spacial score (nSPS) is 25.9. The molecular formula is C36H41FO10. The molecule has 11 heteroatoms. The minimum Gasteiger partial charge on any atom is -0.447 e.